The number of furan rings is 1. The van der Waals surface area contributed by atoms with Crippen LogP contribution in [0.4, 0.5) is 0 Å². The van der Waals surface area contributed by atoms with Crippen molar-refractivity contribution in [2.24, 2.45) is 0 Å². The van der Waals surface area contributed by atoms with Crippen molar-refractivity contribution >= 4 is 10.0 Å². The highest BCUT2D eigenvalue weighted by Gasteiger charge is 2.21. The van der Waals surface area contributed by atoms with Crippen molar-refractivity contribution in [3.63, 3.8) is 0 Å². The third-order valence-electron chi connectivity index (χ3n) is 3.28. The van der Waals surface area contributed by atoms with E-state index >= 15 is 0 Å². The zero-order valence-corrected chi connectivity index (χ0v) is 13.3. The lowest BCUT2D eigenvalue weighted by Crippen LogP contribution is -2.23. The van der Waals surface area contributed by atoms with Gasteiger partial charge in [-0.1, -0.05) is 24.3 Å². The molecule has 21 heavy (non-hydrogen) atoms. The molecule has 0 fully saturated rings. The predicted molar refractivity (Wildman–Crippen MR) is 81.4 cm³/mol. The van der Waals surface area contributed by atoms with Crippen LogP contribution >= 0.6 is 0 Å². The number of hydrogen-bond acceptors (Lipinski definition) is 4. The molecule has 2 N–H and O–H groups in total. The van der Waals surface area contributed by atoms with E-state index in [1.165, 1.54) is 0 Å². The highest BCUT2D eigenvalue weighted by molar-refractivity contribution is 7.89. The van der Waals surface area contributed by atoms with Crippen molar-refractivity contribution < 1.29 is 12.8 Å². The molecule has 0 saturated heterocycles. The maximum atomic E-state index is 12.4. The molecular formula is C15H20N2O3S. The summed E-state index contributed by atoms with van der Waals surface area (Å²) >= 11 is 0. The SMILES string of the molecule is CNCc1cc(S(=O)(=O)NCc2ccccc2C)c(C)o1. The molecule has 1 heterocycles. The Kier molecular flexibility index (Phi) is 4.82. The lowest BCUT2D eigenvalue weighted by atomic mass is 10.1. The van der Waals surface area contributed by atoms with Gasteiger partial charge in [0.2, 0.25) is 10.0 Å². The van der Waals surface area contributed by atoms with E-state index in [9.17, 15) is 8.42 Å². The normalized spacial score (nSPS) is 11.8. The van der Waals surface area contributed by atoms with Gasteiger partial charge in [-0.3, -0.25) is 0 Å². The first-order valence-electron chi connectivity index (χ1n) is 6.72. The number of nitrogens with one attached hydrogen (secondary N) is 2. The Morgan fingerprint density at radius 1 is 1.14 bits per heavy atom. The van der Waals surface area contributed by atoms with Crippen molar-refractivity contribution in [3.05, 3.63) is 53.0 Å². The molecule has 114 valence electrons. The summed E-state index contributed by atoms with van der Waals surface area (Å²) in [5.41, 5.74) is 2.01. The maximum absolute atomic E-state index is 12.4. The molecule has 0 amide bonds. The Morgan fingerprint density at radius 3 is 2.52 bits per heavy atom. The average Bonchev–Trinajstić information content (AvgIpc) is 2.80. The second-order valence-corrected chi connectivity index (χ2v) is 6.65. The second-order valence-electron chi connectivity index (χ2n) is 4.91. The van der Waals surface area contributed by atoms with Crippen LogP contribution in [-0.4, -0.2) is 15.5 Å². The fourth-order valence-electron chi connectivity index (χ4n) is 2.11. The molecule has 0 unspecified atom stereocenters. The Balaban J connectivity index is 2.17. The molecule has 1 aromatic carbocycles. The summed E-state index contributed by atoms with van der Waals surface area (Å²) in [6, 6.07) is 9.25. The topological polar surface area (TPSA) is 71.3 Å². The highest BCUT2D eigenvalue weighted by Crippen LogP contribution is 2.20. The number of sulfonamides is 1. The van der Waals surface area contributed by atoms with E-state index in [2.05, 4.69) is 10.0 Å². The number of hydrogen-bond donors (Lipinski definition) is 2. The molecule has 2 rings (SSSR count). The summed E-state index contributed by atoms with van der Waals surface area (Å²) in [6.45, 7) is 4.37. The molecule has 0 radical (unpaired) electrons. The number of aryl methyl sites for hydroxylation is 2. The first kappa shape index (κ1) is 15.8. The summed E-state index contributed by atoms with van der Waals surface area (Å²) < 4.78 is 32.8. The lowest BCUT2D eigenvalue weighted by Gasteiger charge is -2.08. The van der Waals surface area contributed by atoms with E-state index in [1.807, 2.05) is 31.2 Å². The smallest absolute Gasteiger partial charge is 0.244 e. The quantitative estimate of drug-likeness (QED) is 0.857. The summed E-state index contributed by atoms with van der Waals surface area (Å²) in [4.78, 5) is 0.196. The van der Waals surface area contributed by atoms with Crippen LogP contribution in [0.3, 0.4) is 0 Å². The van der Waals surface area contributed by atoms with E-state index in [0.29, 0.717) is 18.1 Å². The van der Waals surface area contributed by atoms with Gasteiger partial charge in [0, 0.05) is 12.6 Å². The van der Waals surface area contributed by atoms with Crippen LogP contribution in [0, 0.1) is 13.8 Å². The molecule has 0 aliphatic rings. The van der Waals surface area contributed by atoms with Gasteiger partial charge in [-0.25, -0.2) is 13.1 Å². The Labute approximate surface area is 125 Å². The predicted octanol–water partition coefficient (Wildman–Crippen LogP) is 2.09. The van der Waals surface area contributed by atoms with Crippen LogP contribution in [0.15, 0.2) is 39.6 Å². The van der Waals surface area contributed by atoms with E-state index < -0.39 is 10.0 Å². The highest BCUT2D eigenvalue weighted by atomic mass is 32.2. The van der Waals surface area contributed by atoms with Gasteiger partial charge in [-0.05, 0) is 32.0 Å². The molecule has 1 aromatic heterocycles. The lowest BCUT2D eigenvalue weighted by molar-refractivity contribution is 0.465. The molecule has 6 heteroatoms. The van der Waals surface area contributed by atoms with Gasteiger partial charge < -0.3 is 9.73 Å². The summed E-state index contributed by atoms with van der Waals surface area (Å²) in [5.74, 6) is 1.00. The van der Waals surface area contributed by atoms with Gasteiger partial charge in [-0.2, -0.15) is 0 Å². The minimum Gasteiger partial charge on any atom is -0.464 e. The van der Waals surface area contributed by atoms with Crippen LogP contribution in [0.25, 0.3) is 0 Å². The molecule has 0 bridgehead atoms. The molecule has 5 nitrogen and oxygen atoms in total. The largest absolute Gasteiger partial charge is 0.464 e. The van der Waals surface area contributed by atoms with E-state index in [-0.39, 0.29) is 11.4 Å². The second kappa shape index (κ2) is 6.43. The van der Waals surface area contributed by atoms with Crippen molar-refractivity contribution in [2.45, 2.75) is 31.8 Å². The fraction of sp³-hybridized carbons (Fsp3) is 0.333. The third kappa shape index (κ3) is 3.72. The zero-order valence-electron chi connectivity index (χ0n) is 12.4. The molecule has 0 saturated carbocycles. The minimum absolute atomic E-state index is 0.196. The molecular weight excluding hydrogens is 288 g/mol. The molecule has 0 spiro atoms. The average molecular weight is 308 g/mol. The van der Waals surface area contributed by atoms with Crippen molar-refractivity contribution in [3.8, 4) is 0 Å². The fourth-order valence-corrected chi connectivity index (χ4v) is 3.32. The Hall–Kier alpha value is -1.63. The molecule has 0 atom stereocenters. The van der Waals surface area contributed by atoms with E-state index in [0.717, 1.165) is 11.1 Å². The Bertz CT molecular complexity index is 720. The van der Waals surface area contributed by atoms with E-state index in [1.54, 1.807) is 20.0 Å². The van der Waals surface area contributed by atoms with Crippen LogP contribution < -0.4 is 10.0 Å². The van der Waals surface area contributed by atoms with Gasteiger partial charge in [-0.15, -0.1) is 0 Å². The standard InChI is InChI=1S/C15H20N2O3S/c1-11-6-4-5-7-13(11)9-17-21(18,19)15-8-14(10-16-3)20-12(15)2/h4-8,16-17H,9-10H2,1-3H3. The zero-order chi connectivity index (χ0) is 15.5. The monoisotopic (exact) mass is 308 g/mol. The number of benzene rings is 1. The summed E-state index contributed by atoms with van der Waals surface area (Å²) in [7, 11) is -1.79. The third-order valence-corrected chi connectivity index (χ3v) is 4.79. The summed E-state index contributed by atoms with van der Waals surface area (Å²) in [5, 5.41) is 2.93. The van der Waals surface area contributed by atoms with Crippen LogP contribution in [-0.2, 0) is 23.1 Å². The first-order valence-corrected chi connectivity index (χ1v) is 8.20. The van der Waals surface area contributed by atoms with Crippen molar-refractivity contribution in [1.82, 2.24) is 10.0 Å². The maximum Gasteiger partial charge on any atom is 0.244 e. The number of rotatable bonds is 6. The Morgan fingerprint density at radius 2 is 1.86 bits per heavy atom. The van der Waals surface area contributed by atoms with Gasteiger partial charge >= 0.3 is 0 Å². The van der Waals surface area contributed by atoms with Crippen LogP contribution in [0.1, 0.15) is 22.6 Å². The van der Waals surface area contributed by atoms with Crippen molar-refractivity contribution in [2.75, 3.05) is 7.05 Å². The van der Waals surface area contributed by atoms with Crippen LogP contribution in [0.2, 0.25) is 0 Å². The first-order chi connectivity index (χ1) is 9.94. The molecule has 2 aromatic rings. The van der Waals surface area contributed by atoms with Gasteiger partial charge in [0.15, 0.2) is 0 Å². The van der Waals surface area contributed by atoms with E-state index in [4.69, 9.17) is 4.42 Å². The minimum atomic E-state index is -3.57. The van der Waals surface area contributed by atoms with Crippen molar-refractivity contribution in [1.29, 1.82) is 0 Å². The molecule has 0 aliphatic heterocycles. The van der Waals surface area contributed by atoms with Gasteiger partial charge in [0.25, 0.3) is 0 Å². The van der Waals surface area contributed by atoms with Gasteiger partial charge in [0.1, 0.15) is 16.4 Å². The molecule has 0 aliphatic carbocycles. The van der Waals surface area contributed by atoms with Gasteiger partial charge in [0.05, 0.1) is 6.54 Å². The van der Waals surface area contributed by atoms with Crippen LogP contribution in [0.5, 0.6) is 0 Å². The summed E-state index contributed by atoms with van der Waals surface area (Å²) in [6.07, 6.45) is 0.